The first-order valence-electron chi connectivity index (χ1n) is 8.31. The van der Waals surface area contributed by atoms with E-state index in [1.54, 1.807) is 24.3 Å². The van der Waals surface area contributed by atoms with E-state index >= 15 is 0 Å². The van der Waals surface area contributed by atoms with Crippen LogP contribution >= 0.6 is 34.7 Å². The van der Waals surface area contributed by atoms with Crippen LogP contribution < -0.4 is 10.6 Å². The molecule has 144 valence electrons. The van der Waals surface area contributed by atoms with E-state index in [4.69, 9.17) is 11.6 Å². The quantitative estimate of drug-likeness (QED) is 0.432. The third kappa shape index (κ3) is 5.54. The lowest BCUT2D eigenvalue weighted by Gasteiger charge is -2.06. The zero-order valence-corrected chi connectivity index (χ0v) is 17.5. The van der Waals surface area contributed by atoms with Crippen molar-refractivity contribution < 1.29 is 9.59 Å². The molecule has 0 radical (unpaired) electrons. The summed E-state index contributed by atoms with van der Waals surface area (Å²) >= 11 is 8.53. The number of aryl methyl sites for hydroxylation is 2. The highest BCUT2D eigenvalue weighted by Gasteiger charge is 2.12. The second-order valence-electron chi connectivity index (χ2n) is 6.00. The first-order chi connectivity index (χ1) is 13.4. The number of aromatic nitrogens is 2. The molecule has 9 heteroatoms. The van der Waals surface area contributed by atoms with Crippen LogP contribution in [0, 0.1) is 13.8 Å². The fourth-order valence-corrected chi connectivity index (χ4v) is 4.00. The van der Waals surface area contributed by atoms with Gasteiger partial charge in [0.25, 0.3) is 5.91 Å². The summed E-state index contributed by atoms with van der Waals surface area (Å²) < 4.78 is 0.594. The number of halogens is 1. The van der Waals surface area contributed by atoms with Crippen molar-refractivity contribution in [1.29, 1.82) is 0 Å². The summed E-state index contributed by atoms with van der Waals surface area (Å²) in [4.78, 5) is 24.3. The molecule has 0 aliphatic heterocycles. The van der Waals surface area contributed by atoms with Gasteiger partial charge < -0.3 is 5.32 Å². The Morgan fingerprint density at radius 2 is 1.93 bits per heavy atom. The van der Waals surface area contributed by atoms with Crippen molar-refractivity contribution in [3.05, 3.63) is 64.2 Å². The summed E-state index contributed by atoms with van der Waals surface area (Å²) in [6.45, 7) is 3.82. The molecule has 2 amide bonds. The zero-order valence-electron chi connectivity index (χ0n) is 15.2. The molecule has 0 saturated heterocycles. The highest BCUT2D eigenvalue weighted by Crippen LogP contribution is 2.26. The van der Waals surface area contributed by atoms with Crippen LogP contribution in [0.3, 0.4) is 0 Å². The van der Waals surface area contributed by atoms with Crippen molar-refractivity contribution in [3.63, 3.8) is 0 Å². The molecule has 1 heterocycles. The number of benzene rings is 2. The summed E-state index contributed by atoms with van der Waals surface area (Å²) in [5.74, 6) is -0.248. The summed E-state index contributed by atoms with van der Waals surface area (Å²) in [5, 5.41) is 14.5. The Morgan fingerprint density at radius 3 is 2.68 bits per heavy atom. The summed E-state index contributed by atoms with van der Waals surface area (Å²) in [5.41, 5.74) is 3.15. The van der Waals surface area contributed by atoms with Crippen LogP contribution in [0.25, 0.3) is 0 Å². The highest BCUT2D eigenvalue weighted by molar-refractivity contribution is 8.01. The molecular weight excluding hydrogens is 416 g/mol. The summed E-state index contributed by atoms with van der Waals surface area (Å²) in [7, 11) is 0. The van der Waals surface area contributed by atoms with Gasteiger partial charge in [-0.3, -0.25) is 14.9 Å². The Bertz CT molecular complexity index is 1020. The second-order valence-corrected chi connectivity index (χ2v) is 8.60. The van der Waals surface area contributed by atoms with Gasteiger partial charge in [-0.15, -0.1) is 10.2 Å². The molecule has 3 aromatic rings. The van der Waals surface area contributed by atoms with Gasteiger partial charge in [0.05, 0.1) is 5.75 Å². The molecule has 0 atom stereocenters. The van der Waals surface area contributed by atoms with Gasteiger partial charge in [-0.05, 0) is 43.7 Å². The van der Waals surface area contributed by atoms with E-state index < -0.39 is 0 Å². The lowest BCUT2D eigenvalue weighted by Crippen LogP contribution is -2.13. The molecule has 0 aliphatic rings. The molecule has 0 spiro atoms. The highest BCUT2D eigenvalue weighted by atomic mass is 35.5. The van der Waals surface area contributed by atoms with E-state index in [0.717, 1.165) is 11.1 Å². The van der Waals surface area contributed by atoms with Gasteiger partial charge in [0, 0.05) is 16.3 Å². The Labute approximate surface area is 175 Å². The SMILES string of the molecule is Cc1cccc(C(=O)Nc2nnc(SCC(=O)Nc3ccc(C)c(Cl)c3)s2)c1. The average molecular weight is 433 g/mol. The fourth-order valence-electron chi connectivity index (χ4n) is 2.27. The minimum absolute atomic E-state index is 0.173. The maximum atomic E-state index is 12.2. The number of carbonyl (C=O) groups excluding carboxylic acids is 2. The number of carbonyl (C=O) groups is 2. The molecule has 2 N–H and O–H groups in total. The van der Waals surface area contributed by atoms with Crippen LogP contribution in [-0.4, -0.2) is 27.8 Å². The van der Waals surface area contributed by atoms with Gasteiger partial charge >= 0.3 is 0 Å². The van der Waals surface area contributed by atoms with E-state index in [1.807, 2.05) is 32.0 Å². The number of thioether (sulfide) groups is 1. The van der Waals surface area contributed by atoms with Gasteiger partial charge in [-0.2, -0.15) is 0 Å². The first-order valence-corrected chi connectivity index (χ1v) is 10.5. The zero-order chi connectivity index (χ0) is 20.1. The topological polar surface area (TPSA) is 84.0 Å². The lowest BCUT2D eigenvalue weighted by atomic mass is 10.1. The lowest BCUT2D eigenvalue weighted by molar-refractivity contribution is -0.113. The molecule has 3 rings (SSSR count). The van der Waals surface area contributed by atoms with E-state index in [-0.39, 0.29) is 17.6 Å². The molecule has 6 nitrogen and oxygen atoms in total. The van der Waals surface area contributed by atoms with E-state index in [2.05, 4.69) is 20.8 Å². The molecule has 0 unspecified atom stereocenters. The molecule has 2 aromatic carbocycles. The molecular formula is C19H17ClN4O2S2. The monoisotopic (exact) mass is 432 g/mol. The van der Waals surface area contributed by atoms with Gasteiger partial charge in [0.1, 0.15) is 0 Å². The summed E-state index contributed by atoms with van der Waals surface area (Å²) in [6.07, 6.45) is 0. The van der Waals surface area contributed by atoms with Gasteiger partial charge in [-0.1, -0.05) is 58.5 Å². The van der Waals surface area contributed by atoms with Crippen molar-refractivity contribution in [2.24, 2.45) is 0 Å². The van der Waals surface area contributed by atoms with Crippen molar-refractivity contribution in [3.8, 4) is 0 Å². The fraction of sp³-hybridized carbons (Fsp3) is 0.158. The second kappa shape index (κ2) is 9.18. The molecule has 28 heavy (non-hydrogen) atoms. The maximum Gasteiger partial charge on any atom is 0.257 e. The van der Waals surface area contributed by atoms with Crippen molar-refractivity contribution in [1.82, 2.24) is 10.2 Å². The van der Waals surface area contributed by atoms with Crippen LogP contribution in [0.15, 0.2) is 46.8 Å². The Kier molecular flexibility index (Phi) is 6.66. The number of anilines is 2. The van der Waals surface area contributed by atoms with Gasteiger partial charge in [0.2, 0.25) is 11.0 Å². The predicted octanol–water partition coefficient (Wildman–Crippen LogP) is 4.79. The standard InChI is InChI=1S/C19H17ClN4O2S2/c1-11-4-3-5-13(8-11)17(26)22-18-23-24-19(28-18)27-10-16(25)21-14-7-6-12(2)15(20)9-14/h3-9H,10H2,1-2H3,(H,21,25)(H,22,23,26). The van der Waals surface area contributed by atoms with Crippen LogP contribution in [0.2, 0.25) is 5.02 Å². The minimum atomic E-state index is -0.245. The third-order valence-electron chi connectivity index (χ3n) is 3.69. The average Bonchev–Trinajstić information content (AvgIpc) is 3.10. The minimum Gasteiger partial charge on any atom is -0.325 e. The molecule has 1 aromatic heterocycles. The van der Waals surface area contributed by atoms with Crippen LogP contribution in [0.1, 0.15) is 21.5 Å². The van der Waals surface area contributed by atoms with Crippen molar-refractivity contribution in [2.75, 3.05) is 16.4 Å². The number of nitrogens with one attached hydrogen (secondary N) is 2. The van der Waals surface area contributed by atoms with Crippen LogP contribution in [-0.2, 0) is 4.79 Å². The molecule has 0 saturated carbocycles. The summed E-state index contributed by atoms with van der Waals surface area (Å²) in [6, 6.07) is 12.6. The molecule has 0 fully saturated rings. The van der Waals surface area contributed by atoms with Gasteiger partial charge in [-0.25, -0.2) is 0 Å². The van der Waals surface area contributed by atoms with Crippen LogP contribution in [0.4, 0.5) is 10.8 Å². The van der Waals surface area contributed by atoms with E-state index in [0.29, 0.717) is 25.7 Å². The normalized spacial score (nSPS) is 10.5. The number of rotatable bonds is 6. The molecule has 0 aliphatic carbocycles. The number of amides is 2. The molecule has 0 bridgehead atoms. The smallest absolute Gasteiger partial charge is 0.257 e. The maximum absolute atomic E-state index is 12.2. The van der Waals surface area contributed by atoms with Crippen LogP contribution in [0.5, 0.6) is 0 Å². The number of hydrogen-bond donors (Lipinski definition) is 2. The van der Waals surface area contributed by atoms with Crippen molar-refractivity contribution in [2.45, 2.75) is 18.2 Å². The third-order valence-corrected chi connectivity index (χ3v) is 6.07. The van der Waals surface area contributed by atoms with E-state index in [9.17, 15) is 9.59 Å². The Hall–Kier alpha value is -2.42. The van der Waals surface area contributed by atoms with Crippen molar-refractivity contribution >= 4 is 57.3 Å². The number of nitrogens with zero attached hydrogens (tertiary/aromatic N) is 2. The Morgan fingerprint density at radius 1 is 1.11 bits per heavy atom. The Balaban J connectivity index is 1.52. The van der Waals surface area contributed by atoms with Gasteiger partial charge in [0.15, 0.2) is 4.34 Å². The first kappa shape index (κ1) is 20.3. The number of hydrogen-bond acceptors (Lipinski definition) is 6. The predicted molar refractivity (Wildman–Crippen MR) is 115 cm³/mol. The van der Waals surface area contributed by atoms with E-state index in [1.165, 1.54) is 23.1 Å². The largest absolute Gasteiger partial charge is 0.325 e.